The second-order valence-corrected chi connectivity index (χ2v) is 10.7. The first-order valence-corrected chi connectivity index (χ1v) is 13.7. The number of fused-ring (bicyclic) bond motifs is 1. The number of carbonyl (C=O) groups excluding carboxylic acids is 1. The summed E-state index contributed by atoms with van der Waals surface area (Å²) in [6.45, 7) is 3.90. The highest BCUT2D eigenvalue weighted by Crippen LogP contribution is 2.26. The molecule has 0 spiro atoms. The van der Waals surface area contributed by atoms with Crippen molar-refractivity contribution in [1.29, 1.82) is 0 Å². The number of carbonyl (C=O) groups is 1. The molecule has 0 aliphatic rings. The van der Waals surface area contributed by atoms with E-state index in [0.29, 0.717) is 6.42 Å². The SMILES string of the molecule is Cc1cc2[nH]nc(/C=C/c3cccc(CN(C)CCc4ccccc4)c3)c2cc1NC(=O)Cc1cccs1. The van der Waals surface area contributed by atoms with E-state index in [9.17, 15) is 4.79 Å². The largest absolute Gasteiger partial charge is 0.326 e. The van der Waals surface area contributed by atoms with Crippen LogP contribution in [0.15, 0.2) is 84.2 Å². The van der Waals surface area contributed by atoms with Gasteiger partial charge >= 0.3 is 0 Å². The summed E-state index contributed by atoms with van der Waals surface area (Å²) in [6.07, 6.45) is 5.55. The first-order valence-electron chi connectivity index (χ1n) is 12.8. The van der Waals surface area contributed by atoms with Crippen LogP contribution in [0.4, 0.5) is 5.69 Å². The number of nitrogens with zero attached hydrogens (tertiary/aromatic N) is 2. The Hall–Kier alpha value is -4.00. The summed E-state index contributed by atoms with van der Waals surface area (Å²) >= 11 is 1.59. The number of amides is 1. The Bertz CT molecular complexity index is 1540. The van der Waals surface area contributed by atoms with Crippen molar-refractivity contribution in [2.24, 2.45) is 0 Å². The molecule has 2 heterocycles. The fraction of sp³-hybridized carbons (Fsp3) is 0.188. The van der Waals surface area contributed by atoms with E-state index >= 15 is 0 Å². The topological polar surface area (TPSA) is 61.0 Å². The third-order valence-electron chi connectivity index (χ3n) is 6.59. The van der Waals surface area contributed by atoms with E-state index in [1.54, 1.807) is 11.3 Å². The van der Waals surface area contributed by atoms with Crippen molar-refractivity contribution in [2.45, 2.75) is 26.3 Å². The number of benzene rings is 3. The van der Waals surface area contributed by atoms with Gasteiger partial charge in [-0.1, -0.05) is 66.7 Å². The van der Waals surface area contributed by atoms with Gasteiger partial charge in [-0.25, -0.2) is 0 Å². The molecule has 5 rings (SSSR count). The summed E-state index contributed by atoms with van der Waals surface area (Å²) in [5, 5.41) is 13.7. The summed E-state index contributed by atoms with van der Waals surface area (Å²) < 4.78 is 0. The zero-order chi connectivity index (χ0) is 26.3. The van der Waals surface area contributed by atoms with Gasteiger partial charge in [0.2, 0.25) is 5.91 Å². The molecule has 0 unspecified atom stereocenters. The summed E-state index contributed by atoms with van der Waals surface area (Å²) in [7, 11) is 2.17. The molecule has 2 aromatic heterocycles. The molecule has 1 amide bonds. The van der Waals surface area contributed by atoms with Crippen LogP contribution in [0.3, 0.4) is 0 Å². The van der Waals surface area contributed by atoms with E-state index in [0.717, 1.165) is 57.8 Å². The molecular formula is C32H32N4OS. The first-order chi connectivity index (χ1) is 18.5. The second-order valence-electron chi connectivity index (χ2n) is 9.68. The quantitative estimate of drug-likeness (QED) is 0.209. The number of aromatic amines is 1. The highest BCUT2D eigenvalue weighted by Gasteiger charge is 2.11. The Labute approximate surface area is 227 Å². The second kappa shape index (κ2) is 12.0. The third kappa shape index (κ3) is 6.65. The average Bonchev–Trinajstić information content (AvgIpc) is 3.57. The minimum atomic E-state index is -0.0129. The van der Waals surface area contributed by atoms with Crippen molar-refractivity contribution in [3.8, 4) is 0 Å². The minimum Gasteiger partial charge on any atom is -0.326 e. The number of anilines is 1. The number of likely N-dealkylation sites (N-methyl/N-ethyl adjacent to an activating group) is 1. The highest BCUT2D eigenvalue weighted by molar-refractivity contribution is 7.10. The lowest BCUT2D eigenvalue weighted by Gasteiger charge is -2.17. The van der Waals surface area contributed by atoms with Gasteiger partial charge in [-0.05, 0) is 72.3 Å². The Morgan fingerprint density at radius 2 is 1.84 bits per heavy atom. The van der Waals surface area contributed by atoms with E-state index in [-0.39, 0.29) is 5.91 Å². The zero-order valence-electron chi connectivity index (χ0n) is 21.8. The van der Waals surface area contributed by atoms with Gasteiger partial charge in [0.25, 0.3) is 0 Å². The van der Waals surface area contributed by atoms with Crippen molar-refractivity contribution < 1.29 is 4.79 Å². The molecule has 0 fully saturated rings. The molecule has 0 saturated heterocycles. The van der Waals surface area contributed by atoms with E-state index in [1.807, 2.05) is 42.6 Å². The Morgan fingerprint density at radius 3 is 2.66 bits per heavy atom. The van der Waals surface area contributed by atoms with Gasteiger partial charge in [-0.15, -0.1) is 11.3 Å². The maximum atomic E-state index is 12.6. The molecule has 0 aliphatic carbocycles. The maximum Gasteiger partial charge on any atom is 0.229 e. The highest BCUT2D eigenvalue weighted by atomic mass is 32.1. The van der Waals surface area contributed by atoms with Crippen LogP contribution < -0.4 is 5.32 Å². The molecule has 0 bridgehead atoms. The van der Waals surface area contributed by atoms with Crippen LogP contribution in [-0.2, 0) is 24.2 Å². The molecule has 3 aromatic carbocycles. The summed E-state index contributed by atoms with van der Waals surface area (Å²) in [5.41, 5.74) is 7.39. The van der Waals surface area contributed by atoms with Crippen molar-refractivity contribution >= 4 is 46.0 Å². The number of H-pyrrole nitrogens is 1. The van der Waals surface area contributed by atoms with Crippen molar-refractivity contribution in [3.05, 3.63) is 117 Å². The predicted molar refractivity (Wildman–Crippen MR) is 159 cm³/mol. The van der Waals surface area contributed by atoms with Crippen LogP contribution in [0.5, 0.6) is 0 Å². The van der Waals surface area contributed by atoms with E-state index in [4.69, 9.17) is 0 Å². The molecule has 0 aliphatic heterocycles. The Balaban J connectivity index is 1.25. The van der Waals surface area contributed by atoms with Crippen LogP contribution in [0.25, 0.3) is 23.1 Å². The van der Waals surface area contributed by atoms with E-state index in [1.165, 1.54) is 11.1 Å². The smallest absolute Gasteiger partial charge is 0.229 e. The molecule has 0 radical (unpaired) electrons. The van der Waals surface area contributed by atoms with Gasteiger partial charge in [-0.3, -0.25) is 9.89 Å². The third-order valence-corrected chi connectivity index (χ3v) is 7.46. The summed E-state index contributed by atoms with van der Waals surface area (Å²) in [6, 6.07) is 27.2. The van der Waals surface area contributed by atoms with Crippen LogP contribution in [-0.4, -0.2) is 34.6 Å². The monoisotopic (exact) mass is 520 g/mol. The lowest BCUT2D eigenvalue weighted by molar-refractivity contribution is -0.115. The van der Waals surface area contributed by atoms with Gasteiger partial charge in [0.15, 0.2) is 0 Å². The standard InChI is InChI=1S/C32H32N4OS/c1-23-18-31-28(21-30(23)33-32(37)20-27-12-7-17-38-27)29(34-35-31)14-13-25-10-6-11-26(19-25)22-36(2)16-15-24-8-4-3-5-9-24/h3-14,17-19,21H,15-16,20,22H2,1-2H3,(H,33,37)(H,34,35)/b14-13+. The Kier molecular flexibility index (Phi) is 8.12. The van der Waals surface area contributed by atoms with Gasteiger partial charge in [0.1, 0.15) is 0 Å². The fourth-order valence-corrected chi connectivity index (χ4v) is 5.25. The van der Waals surface area contributed by atoms with Gasteiger partial charge in [0.05, 0.1) is 17.6 Å². The van der Waals surface area contributed by atoms with Gasteiger partial charge < -0.3 is 10.2 Å². The predicted octanol–water partition coefficient (Wildman–Crippen LogP) is 6.96. The zero-order valence-corrected chi connectivity index (χ0v) is 22.6. The normalized spacial score (nSPS) is 11.6. The lowest BCUT2D eigenvalue weighted by atomic mass is 10.1. The number of rotatable bonds is 10. The lowest BCUT2D eigenvalue weighted by Crippen LogP contribution is -2.20. The minimum absolute atomic E-state index is 0.0129. The fourth-order valence-electron chi connectivity index (χ4n) is 4.55. The molecule has 5 nitrogen and oxygen atoms in total. The summed E-state index contributed by atoms with van der Waals surface area (Å²) in [5.74, 6) is -0.0129. The van der Waals surface area contributed by atoms with Gasteiger partial charge in [-0.2, -0.15) is 5.10 Å². The first kappa shape index (κ1) is 25.6. The molecule has 38 heavy (non-hydrogen) atoms. The number of thiophene rings is 1. The number of hydrogen-bond donors (Lipinski definition) is 2. The Morgan fingerprint density at radius 1 is 1.00 bits per heavy atom. The van der Waals surface area contributed by atoms with Gasteiger partial charge in [0, 0.05) is 29.0 Å². The van der Waals surface area contributed by atoms with Crippen LogP contribution >= 0.6 is 11.3 Å². The molecule has 6 heteroatoms. The number of hydrogen-bond acceptors (Lipinski definition) is 4. The van der Waals surface area contributed by atoms with Crippen LogP contribution in [0.2, 0.25) is 0 Å². The van der Waals surface area contributed by atoms with Crippen molar-refractivity contribution in [3.63, 3.8) is 0 Å². The van der Waals surface area contributed by atoms with E-state index < -0.39 is 0 Å². The molecular weight excluding hydrogens is 488 g/mol. The summed E-state index contributed by atoms with van der Waals surface area (Å²) in [4.78, 5) is 16.0. The van der Waals surface area contributed by atoms with Crippen molar-refractivity contribution in [1.82, 2.24) is 15.1 Å². The molecule has 2 N–H and O–H groups in total. The van der Waals surface area contributed by atoms with Crippen LogP contribution in [0, 0.1) is 6.92 Å². The number of nitrogens with one attached hydrogen (secondary N) is 2. The molecule has 5 aromatic rings. The van der Waals surface area contributed by atoms with Crippen molar-refractivity contribution in [2.75, 3.05) is 18.9 Å². The molecule has 192 valence electrons. The number of aryl methyl sites for hydroxylation is 1. The maximum absolute atomic E-state index is 12.6. The average molecular weight is 521 g/mol. The van der Waals surface area contributed by atoms with Crippen LogP contribution in [0.1, 0.15) is 32.8 Å². The molecule has 0 atom stereocenters. The number of aromatic nitrogens is 2. The molecule has 0 saturated carbocycles. The van der Waals surface area contributed by atoms with E-state index in [2.05, 4.69) is 88.1 Å².